The summed E-state index contributed by atoms with van der Waals surface area (Å²) < 4.78 is 2.98. The molecule has 15 heavy (non-hydrogen) atoms. The summed E-state index contributed by atoms with van der Waals surface area (Å²) in [6, 6.07) is 0.474. The Balaban J connectivity index is 1.94. The van der Waals surface area contributed by atoms with E-state index >= 15 is 0 Å². The van der Waals surface area contributed by atoms with Gasteiger partial charge in [-0.2, -0.15) is 0 Å². The number of nitrogens with one attached hydrogen (secondary N) is 1. The van der Waals surface area contributed by atoms with E-state index in [-0.39, 0.29) is 0 Å². The first-order valence-corrected chi connectivity index (χ1v) is 6.16. The lowest BCUT2D eigenvalue weighted by Crippen LogP contribution is -2.34. The van der Waals surface area contributed by atoms with Gasteiger partial charge in [-0.3, -0.25) is 0 Å². The lowest BCUT2D eigenvalue weighted by atomic mass is 10.1. The third-order valence-corrected chi connectivity index (χ3v) is 3.45. The monoisotopic (exact) mass is 225 g/mol. The molecule has 1 atom stereocenters. The summed E-state index contributed by atoms with van der Waals surface area (Å²) in [6.45, 7) is 5.86. The molecule has 1 N–H and O–H groups in total. The fourth-order valence-corrected chi connectivity index (χ4v) is 2.59. The number of rotatable bonds is 3. The van der Waals surface area contributed by atoms with Crippen LogP contribution in [0.25, 0.3) is 0 Å². The lowest BCUT2D eigenvalue weighted by molar-refractivity contribution is 0.201. The molecule has 1 unspecified atom stereocenters. The molecular formula is C11H19N3S. The smallest absolute Gasteiger partial charge is 0.177 e. The minimum atomic E-state index is 0.474. The second-order valence-corrected chi connectivity index (χ2v) is 4.77. The quantitative estimate of drug-likeness (QED) is 0.799. The van der Waals surface area contributed by atoms with E-state index in [9.17, 15) is 0 Å². The Morgan fingerprint density at radius 3 is 2.73 bits per heavy atom. The van der Waals surface area contributed by atoms with Gasteiger partial charge in [-0.15, -0.1) is 0 Å². The number of aromatic amines is 1. The molecule has 4 heteroatoms. The standard InChI is InChI=1S/C11H19N3S/c1-10(14-8-5-12-11(14)15)9-13-6-3-2-4-7-13/h5,8,10H,2-4,6-7,9H2,1H3,(H,12,15). The molecule has 0 aromatic carbocycles. The van der Waals surface area contributed by atoms with E-state index in [1.807, 2.05) is 12.4 Å². The van der Waals surface area contributed by atoms with Crippen molar-refractivity contribution in [1.82, 2.24) is 14.5 Å². The molecule has 1 aromatic heterocycles. The van der Waals surface area contributed by atoms with Crippen LogP contribution in [0.5, 0.6) is 0 Å². The number of piperidine rings is 1. The van der Waals surface area contributed by atoms with Gasteiger partial charge in [0.2, 0.25) is 0 Å². The molecule has 2 heterocycles. The molecule has 0 amide bonds. The van der Waals surface area contributed by atoms with Crippen LogP contribution in [0.4, 0.5) is 0 Å². The first kappa shape index (κ1) is 10.9. The van der Waals surface area contributed by atoms with Gasteiger partial charge >= 0.3 is 0 Å². The van der Waals surface area contributed by atoms with E-state index in [0.717, 1.165) is 11.3 Å². The first-order chi connectivity index (χ1) is 7.27. The molecule has 0 bridgehead atoms. The zero-order valence-corrected chi connectivity index (χ0v) is 10.1. The van der Waals surface area contributed by atoms with Crippen molar-refractivity contribution in [3.63, 3.8) is 0 Å². The van der Waals surface area contributed by atoms with Crippen molar-refractivity contribution in [3.8, 4) is 0 Å². The Kier molecular flexibility index (Phi) is 3.59. The fourth-order valence-electron chi connectivity index (χ4n) is 2.28. The molecule has 3 nitrogen and oxygen atoms in total. The largest absolute Gasteiger partial charge is 0.337 e. The lowest BCUT2D eigenvalue weighted by Gasteiger charge is -2.29. The second-order valence-electron chi connectivity index (χ2n) is 4.38. The van der Waals surface area contributed by atoms with Crippen LogP contribution >= 0.6 is 12.2 Å². The van der Waals surface area contributed by atoms with Crippen molar-refractivity contribution < 1.29 is 0 Å². The Hall–Kier alpha value is -0.610. The molecule has 1 aromatic rings. The highest BCUT2D eigenvalue weighted by molar-refractivity contribution is 7.71. The molecule has 84 valence electrons. The van der Waals surface area contributed by atoms with E-state index in [2.05, 4.69) is 21.4 Å². The molecule has 1 saturated heterocycles. The molecule has 2 rings (SSSR count). The van der Waals surface area contributed by atoms with Crippen LogP contribution in [0, 0.1) is 4.77 Å². The molecule has 1 fully saturated rings. The number of likely N-dealkylation sites (tertiary alicyclic amines) is 1. The average Bonchev–Trinajstić information content (AvgIpc) is 2.66. The minimum absolute atomic E-state index is 0.474. The van der Waals surface area contributed by atoms with E-state index in [1.165, 1.54) is 32.4 Å². The third-order valence-electron chi connectivity index (χ3n) is 3.12. The SMILES string of the molecule is CC(CN1CCCCC1)n1cc[nH]c1=S. The van der Waals surface area contributed by atoms with E-state index in [1.54, 1.807) is 0 Å². The zero-order valence-electron chi connectivity index (χ0n) is 9.28. The van der Waals surface area contributed by atoms with Gasteiger partial charge in [0.05, 0.1) is 0 Å². The number of imidazole rings is 1. The zero-order chi connectivity index (χ0) is 10.7. The molecule has 0 spiro atoms. The third kappa shape index (κ3) is 2.69. The predicted molar refractivity (Wildman–Crippen MR) is 64.6 cm³/mol. The maximum Gasteiger partial charge on any atom is 0.177 e. The predicted octanol–water partition coefficient (Wildman–Crippen LogP) is 2.59. The minimum Gasteiger partial charge on any atom is -0.337 e. The summed E-state index contributed by atoms with van der Waals surface area (Å²) >= 11 is 5.22. The van der Waals surface area contributed by atoms with Gasteiger partial charge in [-0.05, 0) is 45.1 Å². The summed E-state index contributed by atoms with van der Waals surface area (Å²) in [5, 5.41) is 0. The Bertz CT molecular complexity index is 349. The summed E-state index contributed by atoms with van der Waals surface area (Å²) in [4.78, 5) is 5.59. The van der Waals surface area contributed by atoms with Crippen LogP contribution in [0.15, 0.2) is 12.4 Å². The average molecular weight is 225 g/mol. The van der Waals surface area contributed by atoms with Gasteiger partial charge in [0.15, 0.2) is 4.77 Å². The van der Waals surface area contributed by atoms with Crippen molar-refractivity contribution in [2.75, 3.05) is 19.6 Å². The van der Waals surface area contributed by atoms with Gasteiger partial charge in [0.1, 0.15) is 0 Å². The van der Waals surface area contributed by atoms with Gasteiger partial charge in [-0.1, -0.05) is 6.42 Å². The summed E-state index contributed by atoms with van der Waals surface area (Å²) in [6.07, 6.45) is 8.05. The van der Waals surface area contributed by atoms with Crippen LogP contribution in [0.2, 0.25) is 0 Å². The molecule has 1 aliphatic rings. The highest BCUT2D eigenvalue weighted by Crippen LogP contribution is 2.14. The molecule has 1 aliphatic heterocycles. The van der Waals surface area contributed by atoms with Gasteiger partial charge in [-0.25, -0.2) is 0 Å². The van der Waals surface area contributed by atoms with Gasteiger partial charge < -0.3 is 14.5 Å². The van der Waals surface area contributed by atoms with Gasteiger partial charge in [0, 0.05) is 25.0 Å². The van der Waals surface area contributed by atoms with Gasteiger partial charge in [0.25, 0.3) is 0 Å². The number of aromatic nitrogens is 2. The van der Waals surface area contributed by atoms with Crippen molar-refractivity contribution in [2.45, 2.75) is 32.2 Å². The number of nitrogens with zero attached hydrogens (tertiary/aromatic N) is 2. The summed E-state index contributed by atoms with van der Waals surface area (Å²) in [7, 11) is 0. The van der Waals surface area contributed by atoms with E-state index < -0.39 is 0 Å². The first-order valence-electron chi connectivity index (χ1n) is 5.75. The topological polar surface area (TPSA) is 24.0 Å². The van der Waals surface area contributed by atoms with Crippen LogP contribution in [0.1, 0.15) is 32.2 Å². The molecule has 0 aliphatic carbocycles. The maximum absolute atomic E-state index is 5.22. The maximum atomic E-state index is 5.22. The summed E-state index contributed by atoms with van der Waals surface area (Å²) in [5.41, 5.74) is 0. The molecule has 0 saturated carbocycles. The van der Waals surface area contributed by atoms with Crippen molar-refractivity contribution in [3.05, 3.63) is 17.2 Å². The number of H-pyrrole nitrogens is 1. The van der Waals surface area contributed by atoms with E-state index in [0.29, 0.717) is 6.04 Å². The Morgan fingerprint density at radius 1 is 1.40 bits per heavy atom. The van der Waals surface area contributed by atoms with Crippen molar-refractivity contribution in [2.24, 2.45) is 0 Å². The molecular weight excluding hydrogens is 206 g/mol. The highest BCUT2D eigenvalue weighted by Gasteiger charge is 2.14. The van der Waals surface area contributed by atoms with Crippen LogP contribution in [-0.4, -0.2) is 34.1 Å². The molecule has 0 radical (unpaired) electrons. The van der Waals surface area contributed by atoms with Crippen molar-refractivity contribution >= 4 is 12.2 Å². The fraction of sp³-hybridized carbons (Fsp3) is 0.727. The van der Waals surface area contributed by atoms with Crippen LogP contribution in [0.3, 0.4) is 0 Å². The number of hydrogen-bond donors (Lipinski definition) is 1. The highest BCUT2D eigenvalue weighted by atomic mass is 32.1. The second kappa shape index (κ2) is 4.94. The Labute approximate surface area is 96.1 Å². The van der Waals surface area contributed by atoms with E-state index in [4.69, 9.17) is 12.2 Å². The number of hydrogen-bond acceptors (Lipinski definition) is 2. The van der Waals surface area contributed by atoms with Crippen LogP contribution in [-0.2, 0) is 0 Å². The summed E-state index contributed by atoms with van der Waals surface area (Å²) in [5.74, 6) is 0. The van der Waals surface area contributed by atoms with Crippen LogP contribution < -0.4 is 0 Å². The van der Waals surface area contributed by atoms with Crippen molar-refractivity contribution in [1.29, 1.82) is 0 Å². The Morgan fingerprint density at radius 2 is 2.13 bits per heavy atom. The normalized spacial score (nSPS) is 20.3.